The van der Waals surface area contributed by atoms with Crippen molar-refractivity contribution in [2.24, 2.45) is 0 Å². The smallest absolute Gasteiger partial charge is 0.0554 e. The molecule has 1 rings (SSSR count). The van der Waals surface area contributed by atoms with Crippen LogP contribution in [0.15, 0.2) is 36.9 Å². The zero-order chi connectivity index (χ0) is 8.53. The highest BCUT2D eigenvalue weighted by atomic mass is 32.1. The van der Waals surface area contributed by atoms with Gasteiger partial charge in [0.1, 0.15) is 0 Å². The predicted molar refractivity (Wildman–Crippen MR) is 51.9 cm³/mol. The molecule has 0 fully saturated rings. The van der Waals surface area contributed by atoms with Crippen LogP contribution in [0.2, 0.25) is 0 Å². The molecule has 1 nitrogen and oxygen atoms in total. The van der Waals surface area contributed by atoms with Crippen molar-refractivity contribution in [1.82, 2.24) is 0 Å². The second kappa shape index (κ2) is 6.87. The molecule has 56 valence electrons. The molecule has 0 aromatic heterocycles. The van der Waals surface area contributed by atoms with Crippen molar-refractivity contribution < 1.29 is 0 Å². The minimum absolute atomic E-state index is 1.17. The topological polar surface area (TPSA) is 23.9 Å². The Morgan fingerprint density at radius 2 is 1.82 bits per heavy atom. The van der Waals surface area contributed by atoms with Gasteiger partial charge >= 0.3 is 0 Å². The van der Waals surface area contributed by atoms with Gasteiger partial charge in [-0.15, -0.1) is 0 Å². The highest BCUT2D eigenvalue weighted by molar-refractivity contribution is 7.78. The van der Waals surface area contributed by atoms with E-state index < -0.39 is 0 Å². The minimum Gasteiger partial charge on any atom is -0.248 e. The van der Waals surface area contributed by atoms with Crippen LogP contribution in [-0.4, -0.2) is 5.16 Å². The molecule has 11 heavy (non-hydrogen) atoms. The number of hydrogen-bond donors (Lipinski definition) is 1. The zero-order valence-corrected chi connectivity index (χ0v) is 6.90. The van der Waals surface area contributed by atoms with Gasteiger partial charge in [-0.1, -0.05) is 43.0 Å². The van der Waals surface area contributed by atoms with Gasteiger partial charge in [0.2, 0.25) is 0 Å². The molecule has 1 N–H and O–H groups in total. The lowest BCUT2D eigenvalue weighted by atomic mass is 10.2. The minimum atomic E-state index is 1.17. The van der Waals surface area contributed by atoms with Crippen LogP contribution in [0.4, 0.5) is 0 Å². The molecule has 0 amide bonds. The first-order chi connectivity index (χ1) is 5.35. The maximum atomic E-state index is 5.77. The number of hydrogen-bond acceptors (Lipinski definition) is 2. The largest absolute Gasteiger partial charge is 0.248 e. The average molecular weight is 163 g/mol. The average Bonchev–Trinajstić information content (AvgIpc) is 2.08. The molecule has 0 unspecified atom stereocenters. The van der Waals surface area contributed by atoms with Crippen molar-refractivity contribution >= 4 is 23.5 Å². The van der Waals surface area contributed by atoms with Crippen LogP contribution >= 0.6 is 12.2 Å². The molecular formula is C9H9NS. The second-order valence-electron chi connectivity index (χ2n) is 1.72. The molecular weight excluding hydrogens is 154 g/mol. The van der Waals surface area contributed by atoms with E-state index in [0.717, 1.165) is 0 Å². The number of rotatable bonds is 1. The Bertz CT molecular complexity index is 235. The summed E-state index contributed by atoms with van der Waals surface area (Å²) in [6.07, 6.45) is 1.83. The van der Waals surface area contributed by atoms with Crippen LogP contribution in [0.1, 0.15) is 5.56 Å². The fraction of sp³-hybridized carbons (Fsp3) is 0. The van der Waals surface area contributed by atoms with Crippen LogP contribution in [0.3, 0.4) is 0 Å². The summed E-state index contributed by atoms with van der Waals surface area (Å²) < 4.78 is 0. The van der Waals surface area contributed by atoms with E-state index >= 15 is 0 Å². The van der Waals surface area contributed by atoms with Gasteiger partial charge in [0, 0.05) is 0 Å². The Hall–Kier alpha value is -1.24. The first-order valence-electron chi connectivity index (χ1n) is 3.06. The Kier molecular flexibility index (Phi) is 6.10. The van der Waals surface area contributed by atoms with Gasteiger partial charge < -0.3 is 0 Å². The van der Waals surface area contributed by atoms with E-state index in [9.17, 15) is 0 Å². The van der Waals surface area contributed by atoms with E-state index in [4.69, 9.17) is 5.41 Å². The van der Waals surface area contributed by atoms with Gasteiger partial charge in [-0.2, -0.15) is 0 Å². The van der Waals surface area contributed by atoms with Crippen LogP contribution in [-0.2, 0) is 0 Å². The van der Waals surface area contributed by atoms with Crippen molar-refractivity contribution in [3.05, 3.63) is 42.5 Å². The third-order valence-electron chi connectivity index (χ3n) is 1.04. The Balaban J connectivity index is 0.000000292. The second-order valence-corrected chi connectivity index (χ2v) is 1.92. The Morgan fingerprint density at radius 1 is 1.36 bits per heavy atom. The molecule has 1 aromatic carbocycles. The molecule has 0 radical (unpaired) electrons. The lowest BCUT2D eigenvalue weighted by molar-refractivity contribution is 1.61. The molecule has 0 aliphatic heterocycles. The van der Waals surface area contributed by atoms with E-state index in [1.807, 2.05) is 36.4 Å². The molecule has 0 atom stereocenters. The predicted octanol–water partition coefficient (Wildman–Crippen LogP) is 3.00. The molecule has 0 saturated heterocycles. The molecule has 0 heterocycles. The van der Waals surface area contributed by atoms with Crippen molar-refractivity contribution in [3.8, 4) is 0 Å². The van der Waals surface area contributed by atoms with Crippen molar-refractivity contribution in [2.45, 2.75) is 0 Å². The third kappa shape index (κ3) is 5.22. The van der Waals surface area contributed by atoms with E-state index in [1.54, 1.807) is 5.16 Å². The van der Waals surface area contributed by atoms with Gasteiger partial charge in [0.25, 0.3) is 0 Å². The summed E-state index contributed by atoms with van der Waals surface area (Å²) in [6.45, 7) is 3.63. The first kappa shape index (κ1) is 9.76. The SMILES string of the molecule is C=Cc1ccccc1.N=C=S. The molecule has 0 bridgehead atoms. The Labute approximate surface area is 71.9 Å². The summed E-state index contributed by atoms with van der Waals surface area (Å²) in [7, 11) is 0. The summed E-state index contributed by atoms with van der Waals surface area (Å²) in [5.41, 5.74) is 1.17. The van der Waals surface area contributed by atoms with Crippen molar-refractivity contribution in [2.75, 3.05) is 0 Å². The van der Waals surface area contributed by atoms with E-state index in [1.165, 1.54) is 5.56 Å². The number of benzene rings is 1. The maximum Gasteiger partial charge on any atom is 0.0554 e. The van der Waals surface area contributed by atoms with Crippen LogP contribution < -0.4 is 0 Å². The van der Waals surface area contributed by atoms with Gasteiger partial charge in [-0.05, 0) is 17.8 Å². The van der Waals surface area contributed by atoms with Crippen LogP contribution in [0, 0.1) is 5.41 Å². The van der Waals surface area contributed by atoms with E-state index in [0.29, 0.717) is 0 Å². The fourth-order valence-electron chi connectivity index (χ4n) is 0.589. The summed E-state index contributed by atoms with van der Waals surface area (Å²) >= 11 is 3.81. The lowest BCUT2D eigenvalue weighted by Gasteiger charge is -1.85. The lowest BCUT2D eigenvalue weighted by Crippen LogP contribution is -1.63. The highest BCUT2D eigenvalue weighted by Gasteiger charge is 1.75. The molecule has 0 aliphatic carbocycles. The monoisotopic (exact) mass is 163 g/mol. The van der Waals surface area contributed by atoms with Crippen LogP contribution in [0.5, 0.6) is 0 Å². The third-order valence-corrected chi connectivity index (χ3v) is 1.04. The number of isothiocyanates is 1. The molecule has 2 heteroatoms. The summed E-state index contributed by atoms with van der Waals surface area (Å²) in [6, 6.07) is 10.0. The zero-order valence-electron chi connectivity index (χ0n) is 6.08. The van der Waals surface area contributed by atoms with Gasteiger partial charge in [-0.3, -0.25) is 0 Å². The van der Waals surface area contributed by atoms with Gasteiger partial charge in [-0.25, -0.2) is 5.41 Å². The van der Waals surface area contributed by atoms with Crippen LogP contribution in [0.25, 0.3) is 6.08 Å². The highest BCUT2D eigenvalue weighted by Crippen LogP contribution is 1.97. The summed E-state index contributed by atoms with van der Waals surface area (Å²) in [5, 5.41) is 7.36. The maximum absolute atomic E-state index is 5.77. The standard InChI is InChI=1S/C8H8.CHNS/c1-2-8-6-4-3-5-7-8;2-1-3/h2-7H,1H2;2H. The van der Waals surface area contributed by atoms with Gasteiger partial charge in [0.05, 0.1) is 5.16 Å². The van der Waals surface area contributed by atoms with E-state index in [2.05, 4.69) is 18.8 Å². The molecule has 1 aromatic rings. The van der Waals surface area contributed by atoms with Crippen molar-refractivity contribution in [3.63, 3.8) is 0 Å². The molecule has 0 spiro atoms. The fourth-order valence-corrected chi connectivity index (χ4v) is 0.589. The normalized spacial score (nSPS) is 6.91. The quantitative estimate of drug-likeness (QED) is 0.499. The van der Waals surface area contributed by atoms with E-state index in [-0.39, 0.29) is 0 Å². The van der Waals surface area contributed by atoms with Crippen molar-refractivity contribution in [1.29, 1.82) is 5.41 Å². The number of nitrogens with one attached hydrogen (secondary N) is 1. The van der Waals surface area contributed by atoms with Gasteiger partial charge in [0.15, 0.2) is 0 Å². The number of thiocarbonyl (C=S) groups is 1. The Morgan fingerprint density at radius 3 is 2.09 bits per heavy atom. The first-order valence-corrected chi connectivity index (χ1v) is 3.47. The molecule has 0 saturated carbocycles. The molecule has 0 aliphatic rings. The summed E-state index contributed by atoms with van der Waals surface area (Å²) in [4.78, 5) is 0. The summed E-state index contributed by atoms with van der Waals surface area (Å²) in [5.74, 6) is 0.